The number of urea groups is 1. The standard InChI is InChI=1S/C15H23ClN2O2/c1-11(2)20-9-5-8-17-15(19)18-12(3)13-6-4-7-14(16)10-13/h4,6-7,10-12H,5,8-9H2,1-3H3,(H2,17,18,19). The van der Waals surface area contributed by atoms with Gasteiger partial charge in [0.05, 0.1) is 12.1 Å². The van der Waals surface area contributed by atoms with Gasteiger partial charge in [0.1, 0.15) is 0 Å². The van der Waals surface area contributed by atoms with Gasteiger partial charge in [0.15, 0.2) is 0 Å². The van der Waals surface area contributed by atoms with Crippen LogP contribution in [-0.2, 0) is 4.74 Å². The summed E-state index contributed by atoms with van der Waals surface area (Å²) >= 11 is 5.93. The van der Waals surface area contributed by atoms with E-state index in [9.17, 15) is 4.79 Å². The molecule has 0 aliphatic carbocycles. The SMILES string of the molecule is CC(C)OCCCNC(=O)NC(C)c1cccc(Cl)c1. The van der Waals surface area contributed by atoms with E-state index in [1.165, 1.54) is 0 Å². The molecule has 1 rings (SSSR count). The predicted octanol–water partition coefficient (Wildman–Crippen LogP) is 3.52. The lowest BCUT2D eigenvalue weighted by Gasteiger charge is -2.15. The second-order valence-electron chi connectivity index (χ2n) is 4.95. The van der Waals surface area contributed by atoms with Gasteiger partial charge < -0.3 is 15.4 Å². The van der Waals surface area contributed by atoms with Gasteiger partial charge in [-0.1, -0.05) is 23.7 Å². The van der Waals surface area contributed by atoms with E-state index in [2.05, 4.69) is 10.6 Å². The number of carbonyl (C=O) groups is 1. The zero-order valence-electron chi connectivity index (χ0n) is 12.3. The molecule has 1 unspecified atom stereocenters. The lowest BCUT2D eigenvalue weighted by molar-refractivity contribution is 0.0774. The molecule has 1 aromatic rings. The summed E-state index contributed by atoms with van der Waals surface area (Å²) < 4.78 is 5.40. The summed E-state index contributed by atoms with van der Waals surface area (Å²) in [5, 5.41) is 6.35. The van der Waals surface area contributed by atoms with Crippen molar-refractivity contribution < 1.29 is 9.53 Å². The van der Waals surface area contributed by atoms with E-state index in [4.69, 9.17) is 16.3 Å². The summed E-state index contributed by atoms with van der Waals surface area (Å²) in [7, 11) is 0. The van der Waals surface area contributed by atoms with E-state index < -0.39 is 0 Å². The monoisotopic (exact) mass is 298 g/mol. The summed E-state index contributed by atoms with van der Waals surface area (Å²) in [6.07, 6.45) is 1.03. The lowest BCUT2D eigenvalue weighted by atomic mass is 10.1. The quantitative estimate of drug-likeness (QED) is 0.757. The zero-order valence-corrected chi connectivity index (χ0v) is 13.0. The fourth-order valence-electron chi connectivity index (χ4n) is 1.70. The van der Waals surface area contributed by atoms with E-state index in [1.54, 1.807) is 0 Å². The number of hydrogen-bond acceptors (Lipinski definition) is 2. The molecule has 0 radical (unpaired) electrons. The Kier molecular flexibility index (Phi) is 7.41. The number of benzene rings is 1. The van der Waals surface area contributed by atoms with Crippen molar-refractivity contribution in [2.75, 3.05) is 13.2 Å². The van der Waals surface area contributed by atoms with Crippen molar-refractivity contribution in [2.45, 2.75) is 39.3 Å². The van der Waals surface area contributed by atoms with Crippen molar-refractivity contribution in [1.29, 1.82) is 0 Å². The maximum atomic E-state index is 11.7. The van der Waals surface area contributed by atoms with Gasteiger partial charge in [0, 0.05) is 18.2 Å². The molecular weight excluding hydrogens is 276 g/mol. The van der Waals surface area contributed by atoms with Gasteiger partial charge in [0.2, 0.25) is 0 Å². The number of carbonyl (C=O) groups excluding carboxylic acids is 1. The Labute approximate surface area is 125 Å². The zero-order chi connectivity index (χ0) is 15.0. The Morgan fingerprint density at radius 2 is 2.10 bits per heavy atom. The van der Waals surface area contributed by atoms with Gasteiger partial charge in [-0.05, 0) is 44.9 Å². The van der Waals surface area contributed by atoms with Crippen molar-refractivity contribution in [3.63, 3.8) is 0 Å². The molecule has 0 heterocycles. The first-order valence-corrected chi connectivity index (χ1v) is 7.28. The van der Waals surface area contributed by atoms with Crippen LogP contribution in [-0.4, -0.2) is 25.3 Å². The van der Waals surface area contributed by atoms with E-state index >= 15 is 0 Å². The van der Waals surface area contributed by atoms with Crippen LogP contribution in [0, 0.1) is 0 Å². The van der Waals surface area contributed by atoms with Crippen LogP contribution in [0.2, 0.25) is 5.02 Å². The Morgan fingerprint density at radius 3 is 2.75 bits per heavy atom. The molecule has 1 atom stereocenters. The van der Waals surface area contributed by atoms with Crippen LogP contribution in [0.25, 0.3) is 0 Å². The Bertz CT molecular complexity index is 424. The van der Waals surface area contributed by atoms with E-state index in [-0.39, 0.29) is 18.2 Å². The summed E-state index contributed by atoms with van der Waals surface area (Å²) in [5.41, 5.74) is 0.982. The van der Waals surface area contributed by atoms with Gasteiger partial charge in [0.25, 0.3) is 0 Å². The van der Waals surface area contributed by atoms with Crippen molar-refractivity contribution in [1.82, 2.24) is 10.6 Å². The topological polar surface area (TPSA) is 50.4 Å². The number of hydrogen-bond donors (Lipinski definition) is 2. The van der Waals surface area contributed by atoms with Crippen LogP contribution in [0.3, 0.4) is 0 Å². The number of ether oxygens (including phenoxy) is 1. The van der Waals surface area contributed by atoms with Crippen LogP contribution in [0.5, 0.6) is 0 Å². The largest absolute Gasteiger partial charge is 0.379 e. The van der Waals surface area contributed by atoms with Gasteiger partial charge in [-0.15, -0.1) is 0 Å². The minimum Gasteiger partial charge on any atom is -0.379 e. The van der Waals surface area contributed by atoms with Gasteiger partial charge >= 0.3 is 6.03 Å². The third-order valence-corrected chi connectivity index (χ3v) is 2.99. The Hall–Kier alpha value is -1.26. The molecule has 20 heavy (non-hydrogen) atoms. The molecule has 2 N–H and O–H groups in total. The predicted molar refractivity (Wildman–Crippen MR) is 82.1 cm³/mol. The highest BCUT2D eigenvalue weighted by atomic mass is 35.5. The molecule has 0 spiro atoms. The fourth-order valence-corrected chi connectivity index (χ4v) is 1.90. The first-order valence-electron chi connectivity index (χ1n) is 6.90. The number of nitrogens with one attached hydrogen (secondary N) is 2. The van der Waals surface area contributed by atoms with E-state index in [1.807, 2.05) is 45.0 Å². The van der Waals surface area contributed by atoms with Crippen LogP contribution >= 0.6 is 11.6 Å². The third-order valence-electron chi connectivity index (χ3n) is 2.75. The maximum absolute atomic E-state index is 11.7. The minimum atomic E-state index is -0.179. The number of amides is 2. The molecule has 1 aromatic carbocycles. The molecule has 0 bridgehead atoms. The highest BCUT2D eigenvalue weighted by Crippen LogP contribution is 2.16. The van der Waals surface area contributed by atoms with Crippen LogP contribution in [0.15, 0.2) is 24.3 Å². The summed E-state index contributed by atoms with van der Waals surface area (Å²) in [6.45, 7) is 7.16. The van der Waals surface area contributed by atoms with E-state index in [0.717, 1.165) is 12.0 Å². The second-order valence-corrected chi connectivity index (χ2v) is 5.39. The first-order chi connectivity index (χ1) is 9.49. The molecule has 0 aliphatic heterocycles. The first kappa shape index (κ1) is 16.8. The third kappa shape index (κ3) is 6.78. The molecule has 0 fully saturated rings. The average Bonchev–Trinajstić information content (AvgIpc) is 2.37. The number of halogens is 1. The van der Waals surface area contributed by atoms with Gasteiger partial charge in [-0.3, -0.25) is 0 Å². The van der Waals surface area contributed by atoms with Crippen molar-refractivity contribution >= 4 is 17.6 Å². The Morgan fingerprint density at radius 1 is 1.35 bits per heavy atom. The molecular formula is C15H23ClN2O2. The molecule has 4 nitrogen and oxygen atoms in total. The highest BCUT2D eigenvalue weighted by Gasteiger charge is 2.09. The molecule has 0 aromatic heterocycles. The summed E-state index contributed by atoms with van der Waals surface area (Å²) in [5.74, 6) is 0. The molecule has 0 saturated heterocycles. The average molecular weight is 299 g/mol. The highest BCUT2D eigenvalue weighted by molar-refractivity contribution is 6.30. The van der Waals surface area contributed by atoms with Gasteiger partial charge in [-0.2, -0.15) is 0 Å². The molecule has 5 heteroatoms. The van der Waals surface area contributed by atoms with Crippen LogP contribution < -0.4 is 10.6 Å². The smallest absolute Gasteiger partial charge is 0.315 e. The van der Waals surface area contributed by atoms with Gasteiger partial charge in [-0.25, -0.2) is 4.79 Å². The van der Waals surface area contributed by atoms with Crippen molar-refractivity contribution in [2.24, 2.45) is 0 Å². The molecule has 0 saturated carbocycles. The molecule has 0 aliphatic rings. The molecule has 112 valence electrons. The van der Waals surface area contributed by atoms with Crippen LogP contribution in [0.1, 0.15) is 38.8 Å². The van der Waals surface area contributed by atoms with Crippen molar-refractivity contribution in [3.05, 3.63) is 34.9 Å². The molecule has 2 amide bonds. The summed E-state index contributed by atoms with van der Waals surface area (Å²) in [4.78, 5) is 11.7. The minimum absolute atomic E-state index is 0.0828. The fraction of sp³-hybridized carbons (Fsp3) is 0.533. The number of rotatable bonds is 7. The lowest BCUT2D eigenvalue weighted by Crippen LogP contribution is -2.37. The Balaban J connectivity index is 2.25. The van der Waals surface area contributed by atoms with E-state index in [0.29, 0.717) is 18.2 Å². The van der Waals surface area contributed by atoms with Crippen LogP contribution in [0.4, 0.5) is 4.79 Å². The second kappa shape index (κ2) is 8.82. The van der Waals surface area contributed by atoms with Crippen molar-refractivity contribution in [3.8, 4) is 0 Å². The maximum Gasteiger partial charge on any atom is 0.315 e. The normalized spacial score (nSPS) is 12.2. The summed E-state index contributed by atoms with van der Waals surface area (Å²) in [6, 6.07) is 7.21.